The number of hydrogen-bond acceptors (Lipinski definition) is 1. The van der Waals surface area contributed by atoms with E-state index in [9.17, 15) is 0 Å². The standard InChI is InChI=1S/C38H34N2.C6H6.C6H12.C3H6.C2H6/c1-5-7-8-10-16-29-21-23-34-35-27-31(22-24-37(35)40(4)38(34)26-29)30(15-6-2)25-28(3)33-19-13-14-20-36(33)39-32-17-11-9-12-18-32;1-2-4-6-5-3-1;1-3-5-6-4-2;1-3-2;1-2/h5-27,39H,1-2H2,3-4H3;1-6H;3,5H,4,6H2,1-2H3;3H,1H2,2H3;1-2H3/b8-7-,16-10?,28-25+,30-15+;;5-3-;;. The fourth-order valence-corrected chi connectivity index (χ4v) is 5.82. The lowest BCUT2D eigenvalue weighted by Crippen LogP contribution is -1.95. The van der Waals surface area contributed by atoms with Crippen molar-refractivity contribution in [3.05, 3.63) is 225 Å². The number of unbranched alkanes of at least 4 members (excludes halogenated alkanes) is 1. The molecule has 0 saturated heterocycles. The quantitative estimate of drug-likeness (QED) is 0.103. The highest BCUT2D eigenvalue weighted by Crippen LogP contribution is 2.34. The SMILES string of the molecule is C/C=C\CCC.C=C/C=C\C=Cc1ccc2c3cc(C(=C/C=C)/C=C(\C)c4ccccc4Nc4ccccc4)ccc3n(C)c2c1.C=CC.CC.c1ccccc1. The molecule has 0 bridgehead atoms. The van der Waals surface area contributed by atoms with Crippen molar-refractivity contribution in [2.75, 3.05) is 5.32 Å². The van der Waals surface area contributed by atoms with Crippen LogP contribution in [0.3, 0.4) is 0 Å². The summed E-state index contributed by atoms with van der Waals surface area (Å²) in [6.07, 6.45) is 24.6. The Morgan fingerprint density at radius 1 is 0.684 bits per heavy atom. The van der Waals surface area contributed by atoms with E-state index in [1.807, 2.05) is 99.7 Å². The number of nitrogens with zero attached hydrogens (tertiary/aromatic N) is 1. The minimum atomic E-state index is 1.07. The molecule has 1 aromatic heterocycles. The third-order valence-corrected chi connectivity index (χ3v) is 8.44. The van der Waals surface area contributed by atoms with Gasteiger partial charge in [0.15, 0.2) is 0 Å². The van der Waals surface area contributed by atoms with Crippen molar-refractivity contribution in [2.45, 2.75) is 54.4 Å². The molecule has 2 heteroatoms. The van der Waals surface area contributed by atoms with Crippen LogP contribution in [-0.4, -0.2) is 4.57 Å². The van der Waals surface area contributed by atoms with Gasteiger partial charge in [0, 0.05) is 45.8 Å². The second-order valence-electron chi connectivity index (χ2n) is 12.7. The van der Waals surface area contributed by atoms with Crippen molar-refractivity contribution in [1.82, 2.24) is 4.57 Å². The number of aryl methyl sites for hydroxylation is 1. The first-order chi connectivity index (χ1) is 27.9. The Labute approximate surface area is 345 Å². The number of aromatic nitrogens is 1. The second kappa shape index (κ2) is 28.1. The maximum Gasteiger partial charge on any atom is 0.0494 e. The molecular weight excluding hydrogens is 689 g/mol. The highest BCUT2D eigenvalue weighted by molar-refractivity contribution is 6.09. The van der Waals surface area contributed by atoms with Crippen molar-refractivity contribution in [3.63, 3.8) is 0 Å². The summed E-state index contributed by atoms with van der Waals surface area (Å²) < 4.78 is 2.27. The minimum Gasteiger partial charge on any atom is -0.355 e. The number of fused-ring (bicyclic) bond motifs is 3. The van der Waals surface area contributed by atoms with Crippen LogP contribution in [0.25, 0.3) is 39.0 Å². The monoisotopic (exact) mass is 753 g/mol. The molecular formula is C55H64N2. The van der Waals surface area contributed by atoms with Crippen molar-refractivity contribution in [2.24, 2.45) is 7.05 Å². The summed E-state index contributed by atoms with van der Waals surface area (Å²) >= 11 is 0. The predicted octanol–water partition coefficient (Wildman–Crippen LogP) is 16.8. The third kappa shape index (κ3) is 15.7. The molecule has 6 rings (SSSR count). The van der Waals surface area contributed by atoms with Gasteiger partial charge in [0.1, 0.15) is 0 Å². The van der Waals surface area contributed by atoms with Gasteiger partial charge in [0.25, 0.3) is 0 Å². The summed E-state index contributed by atoms with van der Waals surface area (Å²) in [6, 6.07) is 44.1. The molecule has 1 N–H and O–H groups in total. The smallest absolute Gasteiger partial charge is 0.0494 e. The summed E-state index contributed by atoms with van der Waals surface area (Å²) in [4.78, 5) is 0. The molecule has 6 aromatic rings. The van der Waals surface area contributed by atoms with E-state index < -0.39 is 0 Å². The van der Waals surface area contributed by atoms with Gasteiger partial charge in [-0.25, -0.2) is 0 Å². The topological polar surface area (TPSA) is 17.0 Å². The number of allylic oxidation sites excluding steroid dienone is 12. The fraction of sp³-hybridized carbons (Fsp3) is 0.164. The Balaban J connectivity index is 0.000000553. The van der Waals surface area contributed by atoms with Crippen LogP contribution < -0.4 is 5.32 Å². The largest absolute Gasteiger partial charge is 0.355 e. The van der Waals surface area contributed by atoms with Gasteiger partial charge in [-0.05, 0) is 85.9 Å². The molecule has 2 nitrogen and oxygen atoms in total. The van der Waals surface area contributed by atoms with Crippen molar-refractivity contribution < 1.29 is 0 Å². The first-order valence-corrected chi connectivity index (χ1v) is 20.0. The zero-order valence-electron chi connectivity index (χ0n) is 35.5. The predicted molar refractivity (Wildman–Crippen MR) is 260 cm³/mol. The summed E-state index contributed by atoms with van der Waals surface area (Å²) in [5.74, 6) is 0. The van der Waals surface area contributed by atoms with Crippen molar-refractivity contribution in [3.8, 4) is 0 Å². The maximum absolute atomic E-state index is 4.00. The molecule has 0 spiro atoms. The van der Waals surface area contributed by atoms with E-state index in [2.05, 4.69) is 161 Å². The second-order valence-corrected chi connectivity index (χ2v) is 12.7. The van der Waals surface area contributed by atoms with E-state index in [1.165, 1.54) is 45.8 Å². The van der Waals surface area contributed by atoms with Crippen LogP contribution in [0.1, 0.15) is 71.1 Å². The average molecular weight is 753 g/mol. The molecule has 0 aliphatic rings. The molecule has 0 aliphatic carbocycles. The van der Waals surface area contributed by atoms with Crippen LogP contribution >= 0.6 is 0 Å². The summed E-state index contributed by atoms with van der Waals surface area (Å²) in [5, 5.41) is 6.06. The lowest BCUT2D eigenvalue weighted by Gasteiger charge is -2.13. The molecule has 57 heavy (non-hydrogen) atoms. The van der Waals surface area contributed by atoms with Crippen molar-refractivity contribution in [1.29, 1.82) is 0 Å². The molecule has 0 unspecified atom stereocenters. The van der Waals surface area contributed by atoms with E-state index in [0.29, 0.717) is 0 Å². The van der Waals surface area contributed by atoms with Crippen LogP contribution in [-0.2, 0) is 7.05 Å². The summed E-state index contributed by atoms with van der Waals surface area (Å²) in [7, 11) is 2.14. The van der Waals surface area contributed by atoms with Gasteiger partial charge in [0.05, 0.1) is 0 Å². The van der Waals surface area contributed by atoms with Gasteiger partial charge in [-0.15, -0.1) is 6.58 Å². The number of benzene rings is 5. The normalized spacial score (nSPS) is 11.1. The number of rotatable bonds is 11. The van der Waals surface area contributed by atoms with E-state index in [-0.39, 0.29) is 0 Å². The van der Waals surface area contributed by atoms with Crippen LogP contribution in [0.5, 0.6) is 0 Å². The summed E-state index contributed by atoms with van der Waals surface area (Å²) in [6.45, 7) is 23.4. The van der Waals surface area contributed by atoms with Gasteiger partial charge in [-0.2, -0.15) is 0 Å². The molecule has 1 heterocycles. The van der Waals surface area contributed by atoms with E-state index in [0.717, 1.165) is 28.1 Å². The van der Waals surface area contributed by atoms with Gasteiger partial charge < -0.3 is 9.88 Å². The van der Waals surface area contributed by atoms with Crippen LogP contribution in [0.15, 0.2) is 208 Å². The highest BCUT2D eigenvalue weighted by Gasteiger charge is 2.11. The van der Waals surface area contributed by atoms with E-state index >= 15 is 0 Å². The third-order valence-electron chi connectivity index (χ3n) is 8.44. The number of hydrogen-bond donors (Lipinski definition) is 1. The molecule has 0 radical (unpaired) electrons. The average Bonchev–Trinajstić information content (AvgIpc) is 3.53. The molecule has 0 atom stereocenters. The molecule has 0 saturated carbocycles. The molecule has 294 valence electrons. The number of para-hydroxylation sites is 2. The Morgan fingerprint density at radius 2 is 1.32 bits per heavy atom. The first-order valence-electron chi connectivity index (χ1n) is 20.0. The highest BCUT2D eigenvalue weighted by atomic mass is 14.9. The Kier molecular flexibility index (Phi) is 23.1. The van der Waals surface area contributed by atoms with E-state index in [4.69, 9.17) is 0 Å². The fourth-order valence-electron chi connectivity index (χ4n) is 5.82. The number of nitrogens with one attached hydrogen (secondary N) is 1. The zero-order valence-corrected chi connectivity index (χ0v) is 35.5. The minimum absolute atomic E-state index is 1.07. The molecule has 0 amide bonds. The molecule has 0 fully saturated rings. The van der Waals surface area contributed by atoms with Gasteiger partial charge >= 0.3 is 0 Å². The Morgan fingerprint density at radius 3 is 1.91 bits per heavy atom. The Hall–Kier alpha value is -6.38. The molecule has 0 aliphatic heterocycles. The first kappa shape index (κ1) is 46.8. The Bertz CT molecular complexity index is 2190. The van der Waals surface area contributed by atoms with Crippen LogP contribution in [0.4, 0.5) is 11.4 Å². The molecule has 5 aromatic carbocycles. The summed E-state index contributed by atoms with van der Waals surface area (Å²) in [5.41, 5.74) is 10.4. The lowest BCUT2D eigenvalue weighted by molar-refractivity contribution is 0.957. The van der Waals surface area contributed by atoms with Gasteiger partial charge in [-0.1, -0.05) is 198 Å². The zero-order chi connectivity index (χ0) is 41.7. The van der Waals surface area contributed by atoms with Crippen molar-refractivity contribution >= 4 is 50.4 Å². The lowest BCUT2D eigenvalue weighted by atomic mass is 9.97. The van der Waals surface area contributed by atoms with E-state index in [1.54, 1.807) is 12.2 Å². The van der Waals surface area contributed by atoms with Gasteiger partial charge in [-0.3, -0.25) is 0 Å². The number of anilines is 2. The van der Waals surface area contributed by atoms with Gasteiger partial charge in [0.2, 0.25) is 0 Å². The van der Waals surface area contributed by atoms with Crippen LogP contribution in [0.2, 0.25) is 0 Å². The maximum atomic E-state index is 4.00. The van der Waals surface area contributed by atoms with Crippen LogP contribution in [0, 0.1) is 0 Å².